The summed E-state index contributed by atoms with van der Waals surface area (Å²) in [7, 11) is 4.28. The van der Waals surface area contributed by atoms with Gasteiger partial charge in [0.25, 0.3) is 0 Å². The number of likely N-dealkylation sites (tertiary alicyclic amines) is 1. The van der Waals surface area contributed by atoms with Gasteiger partial charge in [-0.1, -0.05) is 24.3 Å². The van der Waals surface area contributed by atoms with Crippen LogP contribution in [-0.4, -0.2) is 62.0 Å². The third-order valence-corrected chi connectivity index (χ3v) is 5.98. The van der Waals surface area contributed by atoms with Gasteiger partial charge >= 0.3 is 0 Å². The quantitative estimate of drug-likeness (QED) is 0.827. The van der Waals surface area contributed by atoms with Crippen LogP contribution < -0.4 is 4.90 Å². The summed E-state index contributed by atoms with van der Waals surface area (Å²) in [5, 5.41) is 0. The SMILES string of the molecule is C=C(C)c1cccc(N2CCC[C@H](C(=O)N3CCC(N(C)C)CC3)C2)c1. The van der Waals surface area contributed by atoms with E-state index in [0.29, 0.717) is 11.9 Å². The molecule has 2 heterocycles. The monoisotopic (exact) mass is 355 g/mol. The Labute approximate surface area is 158 Å². The van der Waals surface area contributed by atoms with Crippen molar-refractivity contribution >= 4 is 17.2 Å². The van der Waals surface area contributed by atoms with E-state index in [4.69, 9.17) is 0 Å². The van der Waals surface area contributed by atoms with Crippen molar-refractivity contribution in [1.82, 2.24) is 9.80 Å². The minimum Gasteiger partial charge on any atom is -0.371 e. The second-order valence-electron chi connectivity index (χ2n) is 8.14. The zero-order valence-corrected chi connectivity index (χ0v) is 16.6. The molecule has 0 spiro atoms. The molecule has 1 aromatic rings. The number of carbonyl (C=O) groups is 1. The van der Waals surface area contributed by atoms with E-state index in [0.717, 1.165) is 57.4 Å². The fourth-order valence-corrected chi connectivity index (χ4v) is 4.24. The van der Waals surface area contributed by atoms with Crippen LogP contribution >= 0.6 is 0 Å². The van der Waals surface area contributed by atoms with Gasteiger partial charge in [-0.2, -0.15) is 0 Å². The molecule has 3 rings (SSSR count). The maximum Gasteiger partial charge on any atom is 0.227 e. The molecule has 2 aliphatic rings. The lowest BCUT2D eigenvalue weighted by Crippen LogP contribution is -2.49. The Morgan fingerprint density at radius 3 is 2.54 bits per heavy atom. The van der Waals surface area contributed by atoms with Crippen molar-refractivity contribution in [3.63, 3.8) is 0 Å². The summed E-state index contributed by atoms with van der Waals surface area (Å²) in [6.07, 6.45) is 4.29. The van der Waals surface area contributed by atoms with Gasteiger partial charge in [0, 0.05) is 37.9 Å². The first kappa shape index (κ1) is 19.0. The average Bonchev–Trinajstić information content (AvgIpc) is 2.67. The number of anilines is 1. The molecule has 0 aliphatic carbocycles. The van der Waals surface area contributed by atoms with Crippen LogP contribution in [0.1, 0.15) is 38.2 Å². The molecule has 0 bridgehead atoms. The standard InChI is InChI=1S/C22H33N3O/c1-17(2)18-7-5-9-21(15-18)25-12-6-8-19(16-25)22(26)24-13-10-20(11-14-24)23(3)4/h5,7,9,15,19-20H,1,6,8,10-14,16H2,2-4H3/t19-/m0/s1. The summed E-state index contributed by atoms with van der Waals surface area (Å²) in [5.74, 6) is 0.496. The topological polar surface area (TPSA) is 26.8 Å². The first-order valence-electron chi connectivity index (χ1n) is 9.92. The van der Waals surface area contributed by atoms with Crippen LogP contribution in [0, 0.1) is 5.92 Å². The van der Waals surface area contributed by atoms with Gasteiger partial charge in [0.15, 0.2) is 0 Å². The minimum atomic E-state index is 0.133. The molecule has 0 unspecified atom stereocenters. The summed E-state index contributed by atoms with van der Waals surface area (Å²) in [4.78, 5) is 19.8. The third kappa shape index (κ3) is 4.29. The van der Waals surface area contributed by atoms with Gasteiger partial charge in [-0.05, 0) is 64.4 Å². The molecule has 26 heavy (non-hydrogen) atoms. The molecule has 142 valence electrons. The Morgan fingerprint density at radius 2 is 1.88 bits per heavy atom. The lowest BCUT2D eigenvalue weighted by molar-refractivity contribution is -0.137. The summed E-state index contributed by atoms with van der Waals surface area (Å²) in [5.41, 5.74) is 3.48. The molecule has 4 heteroatoms. The van der Waals surface area contributed by atoms with E-state index in [-0.39, 0.29) is 5.92 Å². The number of hydrogen-bond acceptors (Lipinski definition) is 3. The number of nitrogens with zero attached hydrogens (tertiary/aromatic N) is 3. The second-order valence-corrected chi connectivity index (χ2v) is 8.14. The van der Waals surface area contributed by atoms with E-state index in [2.05, 4.69) is 59.6 Å². The molecule has 1 aromatic carbocycles. The number of piperidine rings is 2. The fraction of sp³-hybridized carbons (Fsp3) is 0.591. The van der Waals surface area contributed by atoms with Crippen LogP contribution in [0.5, 0.6) is 0 Å². The molecule has 0 aromatic heterocycles. The summed E-state index contributed by atoms with van der Waals surface area (Å²) < 4.78 is 0. The Morgan fingerprint density at radius 1 is 1.15 bits per heavy atom. The van der Waals surface area contributed by atoms with E-state index in [1.807, 2.05) is 6.92 Å². The number of hydrogen-bond donors (Lipinski definition) is 0. The molecule has 2 aliphatic heterocycles. The van der Waals surface area contributed by atoms with E-state index in [9.17, 15) is 4.79 Å². The van der Waals surface area contributed by atoms with E-state index in [1.54, 1.807) is 0 Å². The summed E-state index contributed by atoms with van der Waals surface area (Å²) >= 11 is 0. The van der Waals surface area contributed by atoms with Crippen molar-refractivity contribution in [1.29, 1.82) is 0 Å². The van der Waals surface area contributed by atoms with Gasteiger partial charge in [-0.15, -0.1) is 0 Å². The first-order valence-corrected chi connectivity index (χ1v) is 9.92. The van der Waals surface area contributed by atoms with Crippen LogP contribution in [0.4, 0.5) is 5.69 Å². The molecule has 0 N–H and O–H groups in total. The Balaban J connectivity index is 1.62. The van der Waals surface area contributed by atoms with E-state index < -0.39 is 0 Å². The molecule has 2 fully saturated rings. The van der Waals surface area contributed by atoms with Crippen LogP contribution in [-0.2, 0) is 4.79 Å². The maximum atomic E-state index is 13.1. The lowest BCUT2D eigenvalue weighted by Gasteiger charge is -2.39. The van der Waals surface area contributed by atoms with Crippen LogP contribution in [0.15, 0.2) is 30.8 Å². The third-order valence-electron chi connectivity index (χ3n) is 5.98. The van der Waals surface area contributed by atoms with Crippen LogP contribution in [0.3, 0.4) is 0 Å². The molecule has 2 saturated heterocycles. The Kier molecular flexibility index (Phi) is 6.02. The number of benzene rings is 1. The van der Waals surface area contributed by atoms with Crippen molar-refractivity contribution in [2.24, 2.45) is 5.92 Å². The second kappa shape index (κ2) is 8.26. The van der Waals surface area contributed by atoms with Crippen molar-refractivity contribution in [2.45, 2.75) is 38.6 Å². The molecule has 4 nitrogen and oxygen atoms in total. The number of rotatable bonds is 4. The fourth-order valence-electron chi connectivity index (χ4n) is 4.24. The van der Waals surface area contributed by atoms with E-state index in [1.165, 1.54) is 11.3 Å². The van der Waals surface area contributed by atoms with Crippen molar-refractivity contribution in [3.8, 4) is 0 Å². The van der Waals surface area contributed by atoms with Gasteiger partial charge in [-0.25, -0.2) is 0 Å². The smallest absolute Gasteiger partial charge is 0.227 e. The van der Waals surface area contributed by atoms with Gasteiger partial charge in [0.05, 0.1) is 5.92 Å². The predicted molar refractivity (Wildman–Crippen MR) is 109 cm³/mol. The van der Waals surface area contributed by atoms with Gasteiger partial charge in [0.1, 0.15) is 0 Å². The van der Waals surface area contributed by atoms with Crippen molar-refractivity contribution in [3.05, 3.63) is 36.4 Å². The molecule has 1 amide bonds. The first-order chi connectivity index (χ1) is 12.5. The average molecular weight is 356 g/mol. The van der Waals surface area contributed by atoms with Crippen molar-refractivity contribution in [2.75, 3.05) is 45.2 Å². The molecule has 1 atom stereocenters. The highest BCUT2D eigenvalue weighted by Gasteiger charge is 2.32. The van der Waals surface area contributed by atoms with Gasteiger partial charge < -0.3 is 14.7 Å². The molecular weight excluding hydrogens is 322 g/mol. The number of carbonyl (C=O) groups excluding carboxylic acids is 1. The molecule has 0 saturated carbocycles. The van der Waals surface area contributed by atoms with E-state index >= 15 is 0 Å². The van der Waals surface area contributed by atoms with Crippen LogP contribution in [0.25, 0.3) is 5.57 Å². The molecule has 0 radical (unpaired) electrons. The zero-order chi connectivity index (χ0) is 18.7. The lowest BCUT2D eigenvalue weighted by atomic mass is 9.94. The molecular formula is C22H33N3O. The summed E-state index contributed by atoms with van der Waals surface area (Å²) in [6.45, 7) is 9.78. The zero-order valence-electron chi connectivity index (χ0n) is 16.6. The van der Waals surface area contributed by atoms with Crippen LogP contribution in [0.2, 0.25) is 0 Å². The highest BCUT2D eigenvalue weighted by molar-refractivity contribution is 5.80. The normalized spacial score (nSPS) is 21.9. The highest BCUT2D eigenvalue weighted by atomic mass is 16.2. The Hall–Kier alpha value is -1.81. The maximum absolute atomic E-state index is 13.1. The minimum absolute atomic E-state index is 0.133. The highest BCUT2D eigenvalue weighted by Crippen LogP contribution is 2.27. The number of allylic oxidation sites excluding steroid dienone is 1. The summed E-state index contributed by atoms with van der Waals surface area (Å²) in [6, 6.07) is 9.18. The van der Waals surface area contributed by atoms with Gasteiger partial charge in [-0.3, -0.25) is 4.79 Å². The Bertz CT molecular complexity index is 647. The van der Waals surface area contributed by atoms with Gasteiger partial charge in [0.2, 0.25) is 5.91 Å². The van der Waals surface area contributed by atoms with Crippen molar-refractivity contribution < 1.29 is 4.79 Å². The number of amides is 1. The largest absolute Gasteiger partial charge is 0.371 e. The predicted octanol–water partition coefficient (Wildman–Crippen LogP) is 3.49.